The molecule has 2 aromatic rings. The molecule has 0 unspecified atom stereocenters. The summed E-state index contributed by atoms with van der Waals surface area (Å²) in [5, 5.41) is 10.5. The zero-order valence-corrected chi connectivity index (χ0v) is 17.9. The van der Waals surface area contributed by atoms with Crippen LogP contribution >= 0.6 is 0 Å². The number of nitrogens with zero attached hydrogens (tertiary/aromatic N) is 5. The standard InChI is InChI=1S/C9H11N3O3.C9H13N3O.Pd.H2/c1-2-11-3-4-15-8-5-7(12(13)14)6-10-9(8)11;1-2-12-3-4-13-8-5-7(10)6-11-9(8)12;;/h5-6H,2-4H2,1H3;5-6H,2-4,10H2,1H3;;1H. The Kier molecular flexibility index (Phi) is 7.99. The fourth-order valence-corrected chi connectivity index (χ4v) is 3.03. The van der Waals surface area contributed by atoms with Crippen molar-refractivity contribution in [1.82, 2.24) is 9.97 Å². The molecule has 0 aliphatic carbocycles. The molecule has 0 saturated carbocycles. The van der Waals surface area contributed by atoms with E-state index in [1.165, 1.54) is 12.3 Å². The molecule has 0 fully saturated rings. The summed E-state index contributed by atoms with van der Waals surface area (Å²) in [6.07, 6.45) is 2.92. The summed E-state index contributed by atoms with van der Waals surface area (Å²) in [6, 6.07) is 3.24. The van der Waals surface area contributed by atoms with E-state index in [0.29, 0.717) is 30.5 Å². The topological polar surface area (TPSA) is 120 Å². The Morgan fingerprint density at radius 1 is 1.07 bits per heavy atom. The van der Waals surface area contributed by atoms with E-state index in [4.69, 9.17) is 15.2 Å². The average Bonchev–Trinajstić information content (AvgIpc) is 2.72. The molecule has 2 aliphatic rings. The predicted octanol–water partition coefficient (Wildman–Crippen LogP) is 2.33. The van der Waals surface area contributed by atoms with Gasteiger partial charge in [-0.25, -0.2) is 9.97 Å². The number of pyridine rings is 2. The van der Waals surface area contributed by atoms with Gasteiger partial charge in [-0.05, 0) is 13.8 Å². The van der Waals surface area contributed by atoms with E-state index in [2.05, 4.69) is 21.8 Å². The zero-order valence-electron chi connectivity index (χ0n) is 16.3. The van der Waals surface area contributed by atoms with Crippen molar-refractivity contribution in [1.29, 1.82) is 0 Å². The Balaban J connectivity index is 0.000000284. The van der Waals surface area contributed by atoms with Crippen molar-refractivity contribution in [3.8, 4) is 11.5 Å². The van der Waals surface area contributed by atoms with E-state index < -0.39 is 4.92 Å². The largest absolute Gasteiger partial charge is 0.488 e. The predicted molar refractivity (Wildman–Crippen MR) is 108 cm³/mol. The molecule has 4 rings (SSSR count). The molecule has 2 aliphatic heterocycles. The number of nitrogens with two attached hydrogens (primary N) is 1. The third kappa shape index (κ3) is 5.25. The molecule has 0 saturated heterocycles. The first-order valence-electron chi connectivity index (χ1n) is 9.19. The molecular formula is C18H26N6O4Pd. The number of fused-ring (bicyclic) bond motifs is 2. The van der Waals surface area contributed by atoms with Gasteiger partial charge in [0, 0.05) is 41.0 Å². The Morgan fingerprint density at radius 3 is 2.10 bits per heavy atom. The Morgan fingerprint density at radius 2 is 1.59 bits per heavy atom. The van der Waals surface area contributed by atoms with E-state index in [-0.39, 0.29) is 27.5 Å². The van der Waals surface area contributed by atoms with E-state index in [0.717, 1.165) is 37.7 Å². The SMILES string of the molecule is CCN1CCOc2cc(N)cnc21.CCN1CCOc2cc([N+](=O)[O-])cnc21.[HH].[Pd]. The summed E-state index contributed by atoms with van der Waals surface area (Å²) >= 11 is 0. The molecule has 4 heterocycles. The van der Waals surface area contributed by atoms with Crippen LogP contribution in [0.2, 0.25) is 0 Å². The molecule has 2 N–H and O–H groups in total. The Hall–Kier alpha value is -2.64. The molecule has 0 bridgehead atoms. The van der Waals surface area contributed by atoms with Crippen molar-refractivity contribution in [3.63, 3.8) is 0 Å². The minimum atomic E-state index is -0.471. The van der Waals surface area contributed by atoms with Gasteiger partial charge in [-0.15, -0.1) is 0 Å². The monoisotopic (exact) mass is 496 g/mol. The number of ether oxygens (including phenoxy) is 2. The van der Waals surface area contributed by atoms with Gasteiger partial charge in [0.05, 0.1) is 36.0 Å². The molecule has 0 radical (unpaired) electrons. The fourth-order valence-electron chi connectivity index (χ4n) is 3.03. The number of aromatic nitrogens is 2. The van der Waals surface area contributed by atoms with E-state index >= 15 is 0 Å². The van der Waals surface area contributed by atoms with Gasteiger partial charge in [-0.3, -0.25) is 10.1 Å². The maximum Gasteiger partial charge on any atom is 0.291 e. The van der Waals surface area contributed by atoms with Crippen LogP contribution in [-0.2, 0) is 20.4 Å². The summed E-state index contributed by atoms with van der Waals surface area (Å²) in [5.74, 6) is 2.89. The van der Waals surface area contributed by atoms with Crippen LogP contribution in [0.15, 0.2) is 24.5 Å². The van der Waals surface area contributed by atoms with E-state index in [1.807, 2.05) is 17.9 Å². The zero-order chi connectivity index (χ0) is 20.1. The molecule has 162 valence electrons. The van der Waals surface area contributed by atoms with E-state index in [1.54, 1.807) is 6.20 Å². The third-order valence-corrected chi connectivity index (χ3v) is 4.48. The molecule has 0 atom stereocenters. The fraction of sp³-hybridized carbons (Fsp3) is 0.444. The summed E-state index contributed by atoms with van der Waals surface area (Å²) in [6.45, 7) is 8.82. The van der Waals surface area contributed by atoms with Crippen LogP contribution in [0.3, 0.4) is 0 Å². The number of hydrogen-bond donors (Lipinski definition) is 1. The van der Waals surface area contributed by atoms with Gasteiger partial charge < -0.3 is 25.0 Å². The van der Waals surface area contributed by atoms with Gasteiger partial charge >= 0.3 is 0 Å². The first-order valence-corrected chi connectivity index (χ1v) is 9.19. The van der Waals surface area contributed by atoms with Crippen molar-refractivity contribution < 1.29 is 36.2 Å². The Labute approximate surface area is 184 Å². The van der Waals surface area contributed by atoms with Gasteiger partial charge in [-0.2, -0.15) is 0 Å². The second-order valence-corrected chi connectivity index (χ2v) is 6.22. The maximum absolute atomic E-state index is 10.5. The number of hydrogen-bond acceptors (Lipinski definition) is 9. The van der Waals surface area contributed by atoms with Crippen LogP contribution in [-0.4, -0.2) is 54.3 Å². The van der Waals surface area contributed by atoms with Gasteiger partial charge in [-0.1, -0.05) is 0 Å². The van der Waals surface area contributed by atoms with Gasteiger partial charge in [0.15, 0.2) is 23.1 Å². The summed E-state index contributed by atoms with van der Waals surface area (Å²) in [4.78, 5) is 22.6. The second-order valence-electron chi connectivity index (χ2n) is 6.22. The van der Waals surface area contributed by atoms with Crippen molar-refractivity contribution >= 4 is 23.0 Å². The van der Waals surface area contributed by atoms with Gasteiger partial charge in [0.25, 0.3) is 5.69 Å². The summed E-state index contributed by atoms with van der Waals surface area (Å²) in [7, 11) is 0. The van der Waals surface area contributed by atoms with Crippen LogP contribution in [0, 0.1) is 10.1 Å². The molecular weight excluding hydrogens is 471 g/mol. The smallest absolute Gasteiger partial charge is 0.291 e. The van der Waals surface area contributed by atoms with Gasteiger partial charge in [0.2, 0.25) is 0 Å². The average molecular weight is 497 g/mol. The Bertz CT molecular complexity index is 859. The van der Waals surface area contributed by atoms with Crippen LogP contribution in [0.25, 0.3) is 0 Å². The molecule has 0 amide bonds. The molecule has 10 nitrogen and oxygen atoms in total. The van der Waals surface area contributed by atoms with Crippen LogP contribution < -0.4 is 25.0 Å². The first kappa shape index (κ1) is 22.6. The van der Waals surface area contributed by atoms with Crippen molar-refractivity contribution in [3.05, 3.63) is 34.6 Å². The number of nitrogen functional groups attached to an aromatic ring is 1. The molecule has 29 heavy (non-hydrogen) atoms. The number of rotatable bonds is 3. The van der Waals surface area contributed by atoms with Crippen LogP contribution in [0.4, 0.5) is 23.0 Å². The van der Waals surface area contributed by atoms with Crippen LogP contribution in [0.1, 0.15) is 15.3 Å². The quantitative estimate of drug-likeness (QED) is 0.388. The molecule has 2 aromatic heterocycles. The first-order chi connectivity index (χ1) is 13.5. The minimum Gasteiger partial charge on any atom is -0.488 e. The molecule has 0 aromatic carbocycles. The molecule has 0 spiro atoms. The third-order valence-electron chi connectivity index (χ3n) is 4.48. The maximum atomic E-state index is 10.5. The van der Waals surface area contributed by atoms with Crippen molar-refractivity contribution in [2.75, 3.05) is 54.9 Å². The van der Waals surface area contributed by atoms with Crippen molar-refractivity contribution in [2.45, 2.75) is 13.8 Å². The number of nitro groups is 1. The molecule has 11 heteroatoms. The van der Waals surface area contributed by atoms with Gasteiger partial charge in [0.1, 0.15) is 19.4 Å². The normalized spacial score (nSPS) is 14.1. The van der Waals surface area contributed by atoms with E-state index in [9.17, 15) is 10.1 Å². The second kappa shape index (κ2) is 10.2. The number of likely N-dealkylation sites (N-methyl/N-ethyl adjacent to an activating group) is 2. The van der Waals surface area contributed by atoms with Crippen LogP contribution in [0.5, 0.6) is 11.5 Å². The van der Waals surface area contributed by atoms with Crippen molar-refractivity contribution in [2.24, 2.45) is 0 Å². The summed E-state index contributed by atoms with van der Waals surface area (Å²) in [5.41, 5.74) is 6.22. The summed E-state index contributed by atoms with van der Waals surface area (Å²) < 4.78 is 10.8. The number of anilines is 3. The minimum absolute atomic E-state index is 0.